The van der Waals surface area contributed by atoms with Crippen molar-refractivity contribution >= 4 is 11.6 Å². The number of nitro groups is 1. The molecule has 0 fully saturated rings. The van der Waals surface area contributed by atoms with Crippen LogP contribution in [0.4, 0.5) is 5.69 Å². The molecule has 6 heteroatoms. The van der Waals surface area contributed by atoms with Crippen molar-refractivity contribution in [1.29, 1.82) is 0 Å². The molecule has 3 aromatic carbocycles. The largest absolute Gasteiger partial charge is 0.374 e. The summed E-state index contributed by atoms with van der Waals surface area (Å²) >= 11 is 0. The zero-order chi connectivity index (χ0) is 22.7. The molecule has 162 valence electrons. The summed E-state index contributed by atoms with van der Waals surface area (Å²) < 4.78 is 0. The molecule has 6 nitrogen and oxygen atoms in total. The SMILES string of the molecule is C[C@H](NC1=C[C@@H](c2ccc([N+](=O)[O-])cc2)N([C@@H](C)c2ccccc2)C1=O)c1ccccc1. The van der Waals surface area contributed by atoms with Crippen molar-refractivity contribution in [2.45, 2.75) is 32.0 Å². The third-order valence-electron chi connectivity index (χ3n) is 5.91. The topological polar surface area (TPSA) is 75.5 Å². The number of amides is 1. The molecule has 1 aliphatic rings. The van der Waals surface area contributed by atoms with Crippen LogP contribution in [0.5, 0.6) is 0 Å². The average Bonchev–Trinajstić information content (AvgIpc) is 3.15. The second-order valence-corrected chi connectivity index (χ2v) is 7.95. The number of nitrogens with zero attached hydrogens (tertiary/aromatic N) is 2. The minimum atomic E-state index is -0.418. The van der Waals surface area contributed by atoms with E-state index in [2.05, 4.69) is 5.32 Å². The lowest BCUT2D eigenvalue weighted by Gasteiger charge is -2.32. The molecule has 1 heterocycles. The van der Waals surface area contributed by atoms with Crippen molar-refractivity contribution in [2.75, 3.05) is 0 Å². The second kappa shape index (κ2) is 9.06. The first-order valence-corrected chi connectivity index (χ1v) is 10.6. The molecule has 0 saturated carbocycles. The third-order valence-corrected chi connectivity index (χ3v) is 5.91. The first-order chi connectivity index (χ1) is 15.5. The van der Waals surface area contributed by atoms with Crippen LogP contribution in [0.2, 0.25) is 0 Å². The summed E-state index contributed by atoms with van der Waals surface area (Å²) in [4.78, 5) is 26.0. The van der Waals surface area contributed by atoms with Crippen LogP contribution in [0.3, 0.4) is 0 Å². The number of non-ortho nitro benzene ring substituents is 1. The van der Waals surface area contributed by atoms with Crippen LogP contribution in [0, 0.1) is 10.1 Å². The highest BCUT2D eigenvalue weighted by atomic mass is 16.6. The van der Waals surface area contributed by atoms with Gasteiger partial charge in [-0.05, 0) is 48.7 Å². The highest BCUT2D eigenvalue weighted by Crippen LogP contribution is 2.38. The summed E-state index contributed by atoms with van der Waals surface area (Å²) in [5, 5.41) is 14.4. The second-order valence-electron chi connectivity index (χ2n) is 7.95. The Morgan fingerprint density at radius 1 is 0.875 bits per heavy atom. The van der Waals surface area contributed by atoms with Gasteiger partial charge in [-0.3, -0.25) is 14.9 Å². The van der Waals surface area contributed by atoms with E-state index in [1.165, 1.54) is 12.1 Å². The zero-order valence-corrected chi connectivity index (χ0v) is 18.0. The zero-order valence-electron chi connectivity index (χ0n) is 18.0. The lowest BCUT2D eigenvalue weighted by molar-refractivity contribution is -0.384. The number of carbonyl (C=O) groups is 1. The molecule has 0 aliphatic carbocycles. The summed E-state index contributed by atoms with van der Waals surface area (Å²) in [6, 6.07) is 25.7. The number of carbonyl (C=O) groups excluding carboxylic acids is 1. The molecule has 0 aromatic heterocycles. The molecule has 3 aromatic rings. The predicted molar refractivity (Wildman–Crippen MR) is 124 cm³/mol. The Morgan fingerprint density at radius 3 is 2.00 bits per heavy atom. The van der Waals surface area contributed by atoms with E-state index in [0.717, 1.165) is 16.7 Å². The van der Waals surface area contributed by atoms with Crippen LogP contribution in [-0.4, -0.2) is 15.7 Å². The molecule has 0 bridgehead atoms. The Bertz CT molecular complexity index is 1130. The number of rotatable bonds is 7. The summed E-state index contributed by atoms with van der Waals surface area (Å²) in [7, 11) is 0. The summed E-state index contributed by atoms with van der Waals surface area (Å²) in [6.07, 6.45) is 1.92. The fraction of sp³-hybridized carbons (Fsp3) is 0.192. The monoisotopic (exact) mass is 427 g/mol. The van der Waals surface area contributed by atoms with Crippen molar-refractivity contribution in [3.05, 3.63) is 124 Å². The molecule has 1 aliphatic heterocycles. The minimum absolute atomic E-state index is 0.0285. The van der Waals surface area contributed by atoms with Crippen LogP contribution < -0.4 is 5.32 Å². The van der Waals surface area contributed by atoms with Gasteiger partial charge in [-0.15, -0.1) is 0 Å². The molecule has 0 saturated heterocycles. The van der Waals surface area contributed by atoms with Gasteiger partial charge in [-0.2, -0.15) is 0 Å². The van der Waals surface area contributed by atoms with E-state index in [4.69, 9.17) is 0 Å². The van der Waals surface area contributed by atoms with Gasteiger partial charge < -0.3 is 10.2 Å². The van der Waals surface area contributed by atoms with Crippen molar-refractivity contribution in [3.63, 3.8) is 0 Å². The van der Waals surface area contributed by atoms with Crippen LogP contribution in [0.15, 0.2) is 96.7 Å². The Labute approximate surface area is 187 Å². The smallest absolute Gasteiger partial charge is 0.270 e. The van der Waals surface area contributed by atoms with Crippen molar-refractivity contribution < 1.29 is 9.72 Å². The van der Waals surface area contributed by atoms with Gasteiger partial charge in [-0.1, -0.05) is 60.7 Å². The van der Waals surface area contributed by atoms with Crippen LogP contribution in [0.1, 0.15) is 48.7 Å². The number of nitrogens with one attached hydrogen (secondary N) is 1. The van der Waals surface area contributed by atoms with Crippen molar-refractivity contribution in [2.24, 2.45) is 0 Å². The fourth-order valence-electron chi connectivity index (χ4n) is 4.10. The molecule has 1 amide bonds. The van der Waals surface area contributed by atoms with Crippen LogP contribution >= 0.6 is 0 Å². The number of nitro benzene ring substituents is 1. The van der Waals surface area contributed by atoms with Crippen LogP contribution in [-0.2, 0) is 4.79 Å². The quantitative estimate of drug-likeness (QED) is 0.400. The van der Waals surface area contributed by atoms with E-state index in [9.17, 15) is 14.9 Å². The first kappa shape index (κ1) is 21.3. The molecule has 0 unspecified atom stereocenters. The van der Waals surface area contributed by atoms with Gasteiger partial charge in [0.1, 0.15) is 0 Å². The van der Waals surface area contributed by atoms with Gasteiger partial charge in [0.15, 0.2) is 0 Å². The molecule has 0 radical (unpaired) electrons. The van der Waals surface area contributed by atoms with Gasteiger partial charge in [0.2, 0.25) is 0 Å². The maximum absolute atomic E-state index is 13.5. The normalized spacial score (nSPS) is 17.6. The standard InChI is InChI=1S/C26H25N3O3/c1-18(20-9-5-3-6-10-20)27-24-17-25(22-13-15-23(16-14-22)29(31)32)28(26(24)30)19(2)21-11-7-4-8-12-21/h3-19,25,27H,1-2H3/t18-,19-,25-/m0/s1. The van der Waals surface area contributed by atoms with Gasteiger partial charge >= 0.3 is 0 Å². The van der Waals surface area contributed by atoms with E-state index in [1.807, 2.05) is 85.5 Å². The van der Waals surface area contributed by atoms with Gasteiger partial charge in [-0.25, -0.2) is 0 Å². The lowest BCUT2D eigenvalue weighted by Crippen LogP contribution is -2.35. The van der Waals surface area contributed by atoms with Crippen LogP contribution in [0.25, 0.3) is 0 Å². The molecular formula is C26H25N3O3. The molecule has 3 atom stereocenters. The maximum atomic E-state index is 13.5. The molecular weight excluding hydrogens is 402 g/mol. The average molecular weight is 428 g/mol. The minimum Gasteiger partial charge on any atom is -0.374 e. The predicted octanol–water partition coefficient (Wildman–Crippen LogP) is 5.47. The summed E-state index contributed by atoms with van der Waals surface area (Å²) in [5.74, 6) is -0.0903. The van der Waals surface area contributed by atoms with E-state index in [-0.39, 0.29) is 29.7 Å². The summed E-state index contributed by atoms with van der Waals surface area (Å²) in [5.41, 5.74) is 3.50. The molecule has 4 rings (SSSR count). The maximum Gasteiger partial charge on any atom is 0.270 e. The van der Waals surface area contributed by atoms with Gasteiger partial charge in [0.25, 0.3) is 11.6 Å². The Kier molecular flexibility index (Phi) is 6.03. The highest BCUT2D eigenvalue weighted by Gasteiger charge is 2.37. The van der Waals surface area contributed by atoms with E-state index >= 15 is 0 Å². The summed E-state index contributed by atoms with van der Waals surface area (Å²) in [6.45, 7) is 4.02. The first-order valence-electron chi connectivity index (χ1n) is 10.6. The Balaban J connectivity index is 1.68. The van der Waals surface area contributed by atoms with E-state index in [1.54, 1.807) is 12.1 Å². The number of hydrogen-bond donors (Lipinski definition) is 1. The number of benzene rings is 3. The fourth-order valence-corrected chi connectivity index (χ4v) is 4.10. The van der Waals surface area contributed by atoms with E-state index in [0.29, 0.717) is 5.70 Å². The Morgan fingerprint density at radius 2 is 1.44 bits per heavy atom. The molecule has 1 N–H and O–H groups in total. The van der Waals surface area contributed by atoms with Gasteiger partial charge in [0, 0.05) is 18.2 Å². The van der Waals surface area contributed by atoms with E-state index < -0.39 is 4.92 Å². The Hall–Kier alpha value is -3.93. The van der Waals surface area contributed by atoms with Crippen molar-refractivity contribution in [3.8, 4) is 0 Å². The lowest BCUT2D eigenvalue weighted by atomic mass is 10.0. The molecule has 0 spiro atoms. The van der Waals surface area contributed by atoms with Gasteiger partial charge in [0.05, 0.1) is 22.7 Å². The van der Waals surface area contributed by atoms with Crippen molar-refractivity contribution in [1.82, 2.24) is 10.2 Å². The third kappa shape index (κ3) is 4.25. The highest BCUT2D eigenvalue weighted by molar-refractivity contribution is 5.96. The molecule has 32 heavy (non-hydrogen) atoms. The number of hydrogen-bond acceptors (Lipinski definition) is 4.